The molecule has 0 aromatic carbocycles. The van der Waals surface area contributed by atoms with E-state index in [9.17, 15) is 14.4 Å². The molecule has 0 bridgehead atoms. The van der Waals surface area contributed by atoms with Crippen LogP contribution < -0.4 is 5.32 Å². The average molecular weight is 280 g/mol. The number of hydrogen-bond donors (Lipinski definition) is 3. The zero-order chi connectivity index (χ0) is 14.1. The van der Waals surface area contributed by atoms with Crippen molar-refractivity contribution < 1.29 is 24.6 Å². The largest absolute Gasteiger partial charge is 0.481 e. The van der Waals surface area contributed by atoms with Gasteiger partial charge < -0.3 is 15.5 Å². The number of carbonyl (C=O) groups is 3. The fourth-order valence-corrected chi connectivity index (χ4v) is 1.72. The Bertz CT molecular complexity index is 294. The molecule has 0 saturated carbocycles. The Labute approximate surface area is 110 Å². The number of carboxylic acid groups (broad SMARTS) is 2. The second-order valence-corrected chi connectivity index (χ2v) is 4.29. The van der Waals surface area contributed by atoms with Crippen molar-refractivity contribution in [3.8, 4) is 0 Å². The van der Waals surface area contributed by atoms with Crippen molar-refractivity contribution in [2.75, 3.05) is 5.88 Å². The maximum absolute atomic E-state index is 11.5. The Morgan fingerprint density at radius 1 is 1.22 bits per heavy atom. The number of amides is 1. The van der Waals surface area contributed by atoms with Crippen LogP contribution in [0.4, 0.5) is 0 Å². The first-order valence-electron chi connectivity index (χ1n) is 5.75. The normalized spacial score (nSPS) is 12.2. The summed E-state index contributed by atoms with van der Waals surface area (Å²) >= 11 is 5.44. The summed E-state index contributed by atoms with van der Waals surface area (Å²) in [6, 6.07) is -0.896. The lowest BCUT2D eigenvalue weighted by Gasteiger charge is -2.21. The Hall–Kier alpha value is -1.30. The van der Waals surface area contributed by atoms with Crippen molar-refractivity contribution in [3.05, 3.63) is 0 Å². The molecule has 6 nitrogen and oxygen atoms in total. The lowest BCUT2D eigenvalue weighted by atomic mass is 9.95. The van der Waals surface area contributed by atoms with Gasteiger partial charge in [0.15, 0.2) is 5.92 Å². The molecule has 0 aromatic rings. The minimum Gasteiger partial charge on any atom is -0.481 e. The van der Waals surface area contributed by atoms with Crippen molar-refractivity contribution in [3.63, 3.8) is 0 Å². The van der Waals surface area contributed by atoms with E-state index in [1.165, 1.54) is 0 Å². The van der Waals surface area contributed by atoms with Gasteiger partial charge in [-0.2, -0.15) is 0 Å². The molecule has 3 N–H and O–H groups in total. The van der Waals surface area contributed by atoms with Gasteiger partial charge in [0.25, 0.3) is 0 Å². The molecule has 1 amide bonds. The highest BCUT2D eigenvalue weighted by molar-refractivity contribution is 6.17. The van der Waals surface area contributed by atoms with Crippen LogP contribution in [-0.2, 0) is 14.4 Å². The smallest absolute Gasteiger partial charge is 0.320 e. The molecule has 0 radical (unpaired) electrons. The van der Waals surface area contributed by atoms with E-state index in [1.807, 2.05) is 0 Å². The quantitative estimate of drug-likeness (QED) is 0.433. The molecule has 1 unspecified atom stereocenters. The molecule has 0 fully saturated rings. The Morgan fingerprint density at radius 2 is 1.78 bits per heavy atom. The van der Waals surface area contributed by atoms with Crippen LogP contribution >= 0.6 is 11.6 Å². The molecular formula is C11H18ClNO5. The van der Waals surface area contributed by atoms with E-state index < -0.39 is 23.9 Å². The summed E-state index contributed by atoms with van der Waals surface area (Å²) in [4.78, 5) is 33.3. The highest BCUT2D eigenvalue weighted by Crippen LogP contribution is 2.11. The summed E-state index contributed by atoms with van der Waals surface area (Å²) in [6.45, 7) is 1.79. The maximum Gasteiger partial charge on any atom is 0.320 e. The SMILES string of the molecule is CCCC(NC(=O)CCCCl)C(C(=O)O)C(=O)O. The van der Waals surface area contributed by atoms with E-state index in [1.54, 1.807) is 6.92 Å². The molecular weight excluding hydrogens is 262 g/mol. The summed E-state index contributed by atoms with van der Waals surface area (Å²) in [5.41, 5.74) is 0. The van der Waals surface area contributed by atoms with Crippen molar-refractivity contribution in [1.82, 2.24) is 5.32 Å². The first kappa shape index (κ1) is 16.7. The van der Waals surface area contributed by atoms with Gasteiger partial charge >= 0.3 is 11.9 Å². The summed E-state index contributed by atoms with van der Waals surface area (Å²) in [6.07, 6.45) is 1.51. The number of halogens is 1. The summed E-state index contributed by atoms with van der Waals surface area (Å²) < 4.78 is 0. The van der Waals surface area contributed by atoms with Gasteiger partial charge in [-0.05, 0) is 12.8 Å². The molecule has 0 spiro atoms. The van der Waals surface area contributed by atoms with Gasteiger partial charge in [0.2, 0.25) is 5.91 Å². The van der Waals surface area contributed by atoms with Crippen molar-refractivity contribution in [2.45, 2.75) is 38.6 Å². The van der Waals surface area contributed by atoms with Crippen molar-refractivity contribution >= 4 is 29.4 Å². The predicted molar refractivity (Wildman–Crippen MR) is 65.6 cm³/mol. The van der Waals surface area contributed by atoms with Gasteiger partial charge in [-0.15, -0.1) is 11.6 Å². The van der Waals surface area contributed by atoms with Crippen molar-refractivity contribution in [1.29, 1.82) is 0 Å². The first-order chi connectivity index (χ1) is 8.43. The topological polar surface area (TPSA) is 104 Å². The van der Waals surface area contributed by atoms with Crippen LogP contribution in [0.2, 0.25) is 0 Å². The van der Waals surface area contributed by atoms with Crippen LogP contribution in [0.5, 0.6) is 0 Å². The van der Waals surface area contributed by atoms with Crippen LogP contribution in [0, 0.1) is 5.92 Å². The third-order valence-corrected chi connectivity index (χ3v) is 2.69. The monoisotopic (exact) mass is 279 g/mol. The molecule has 0 aliphatic carbocycles. The molecule has 18 heavy (non-hydrogen) atoms. The van der Waals surface area contributed by atoms with Crippen LogP contribution in [0.1, 0.15) is 32.6 Å². The number of rotatable bonds is 9. The number of carbonyl (C=O) groups excluding carboxylic acids is 1. The average Bonchev–Trinajstić information content (AvgIpc) is 2.25. The van der Waals surface area contributed by atoms with Gasteiger partial charge in [0.05, 0.1) is 6.04 Å². The number of hydrogen-bond acceptors (Lipinski definition) is 3. The third kappa shape index (κ3) is 5.86. The molecule has 1 atom stereocenters. The summed E-state index contributed by atoms with van der Waals surface area (Å²) in [7, 11) is 0. The first-order valence-corrected chi connectivity index (χ1v) is 6.28. The van der Waals surface area contributed by atoms with Gasteiger partial charge in [-0.1, -0.05) is 13.3 Å². The molecule has 104 valence electrons. The minimum absolute atomic E-state index is 0.162. The van der Waals surface area contributed by atoms with Crippen LogP contribution in [-0.4, -0.2) is 40.0 Å². The standard InChI is InChI=1S/C11H18ClNO5/c1-2-4-7(9(10(15)16)11(17)18)13-8(14)5-3-6-12/h7,9H,2-6H2,1H3,(H,13,14)(H,15,16)(H,17,18). The Kier molecular flexibility index (Phi) is 8.11. The summed E-state index contributed by atoms with van der Waals surface area (Å²) in [5, 5.41) is 20.2. The predicted octanol–water partition coefficient (Wildman–Crippen LogP) is 1.08. The molecule has 0 aliphatic rings. The van der Waals surface area contributed by atoms with Gasteiger partial charge in [-0.3, -0.25) is 14.4 Å². The second kappa shape index (κ2) is 8.74. The highest BCUT2D eigenvalue weighted by atomic mass is 35.5. The van der Waals surface area contributed by atoms with Crippen LogP contribution in [0.25, 0.3) is 0 Å². The number of aliphatic carboxylic acids is 2. The Balaban J connectivity index is 4.66. The molecule has 0 aliphatic heterocycles. The molecule has 7 heteroatoms. The van der Waals surface area contributed by atoms with Crippen LogP contribution in [0.15, 0.2) is 0 Å². The Morgan fingerprint density at radius 3 is 2.17 bits per heavy atom. The summed E-state index contributed by atoms with van der Waals surface area (Å²) in [5.74, 6) is -4.56. The lowest BCUT2D eigenvalue weighted by Crippen LogP contribution is -2.46. The van der Waals surface area contributed by atoms with Crippen molar-refractivity contribution in [2.24, 2.45) is 5.92 Å². The van der Waals surface area contributed by atoms with E-state index in [2.05, 4.69) is 5.32 Å². The van der Waals surface area contributed by atoms with E-state index in [0.29, 0.717) is 25.1 Å². The zero-order valence-electron chi connectivity index (χ0n) is 10.2. The van der Waals surface area contributed by atoms with E-state index in [4.69, 9.17) is 21.8 Å². The zero-order valence-corrected chi connectivity index (χ0v) is 10.9. The van der Waals surface area contributed by atoms with E-state index in [0.717, 1.165) is 0 Å². The third-order valence-electron chi connectivity index (χ3n) is 2.42. The van der Waals surface area contributed by atoms with Gasteiger partial charge in [0, 0.05) is 12.3 Å². The molecule has 0 heterocycles. The molecule has 0 saturated heterocycles. The fourth-order valence-electron chi connectivity index (χ4n) is 1.59. The van der Waals surface area contributed by atoms with E-state index in [-0.39, 0.29) is 12.3 Å². The minimum atomic E-state index is -1.62. The van der Waals surface area contributed by atoms with Crippen LogP contribution in [0.3, 0.4) is 0 Å². The van der Waals surface area contributed by atoms with E-state index >= 15 is 0 Å². The lowest BCUT2D eigenvalue weighted by molar-refractivity contribution is -0.156. The molecule has 0 aromatic heterocycles. The number of alkyl halides is 1. The van der Waals surface area contributed by atoms with Gasteiger partial charge in [-0.25, -0.2) is 0 Å². The molecule has 0 rings (SSSR count). The maximum atomic E-state index is 11.5. The number of carboxylic acids is 2. The fraction of sp³-hybridized carbons (Fsp3) is 0.727. The number of nitrogens with one attached hydrogen (secondary N) is 1. The highest BCUT2D eigenvalue weighted by Gasteiger charge is 2.35. The second-order valence-electron chi connectivity index (χ2n) is 3.91. The van der Waals surface area contributed by atoms with Gasteiger partial charge in [0.1, 0.15) is 0 Å².